The molecule has 0 aliphatic heterocycles. The summed E-state index contributed by atoms with van der Waals surface area (Å²) in [5, 5.41) is 2.78. The predicted octanol–water partition coefficient (Wildman–Crippen LogP) is 4.92. The first kappa shape index (κ1) is 23.0. The fourth-order valence-corrected chi connectivity index (χ4v) is 4.50. The highest BCUT2D eigenvalue weighted by Gasteiger charge is 2.21. The molecule has 31 heavy (non-hydrogen) atoms. The number of nitrogens with zero attached hydrogens (tertiary/aromatic N) is 1. The minimum atomic E-state index is -3.66. The number of hydrogen-bond donors (Lipinski definition) is 1. The molecule has 0 atom stereocenters. The number of halogens is 1. The fourth-order valence-electron chi connectivity index (χ4n) is 2.98. The molecule has 0 fully saturated rings. The van der Waals surface area contributed by atoms with E-state index in [1.165, 1.54) is 16.4 Å². The molecule has 0 radical (unpaired) electrons. The van der Waals surface area contributed by atoms with Crippen molar-refractivity contribution in [1.29, 1.82) is 0 Å². The van der Waals surface area contributed by atoms with Gasteiger partial charge in [0.25, 0.3) is 5.91 Å². The van der Waals surface area contributed by atoms with E-state index in [1.807, 2.05) is 37.3 Å². The second kappa shape index (κ2) is 10.1. The maximum atomic E-state index is 12.9. The Morgan fingerprint density at radius 3 is 2.35 bits per heavy atom. The van der Waals surface area contributed by atoms with Gasteiger partial charge in [0.1, 0.15) is 5.75 Å². The van der Waals surface area contributed by atoms with Crippen LogP contribution in [0, 0.1) is 0 Å². The number of carbonyl (C=O) groups is 1. The zero-order valence-electron chi connectivity index (χ0n) is 17.2. The van der Waals surface area contributed by atoms with Gasteiger partial charge in [-0.3, -0.25) is 4.79 Å². The summed E-state index contributed by atoms with van der Waals surface area (Å²) < 4.78 is 33.3. The predicted molar refractivity (Wildman–Crippen MR) is 125 cm³/mol. The molecule has 3 rings (SSSR count). The maximum Gasteiger partial charge on any atom is 0.259 e. The van der Waals surface area contributed by atoms with Gasteiger partial charge in [0.05, 0.1) is 17.1 Å². The van der Waals surface area contributed by atoms with E-state index in [-0.39, 0.29) is 17.3 Å². The van der Waals surface area contributed by atoms with E-state index in [2.05, 4.69) is 21.2 Å². The molecule has 0 unspecified atom stereocenters. The van der Waals surface area contributed by atoms with Crippen LogP contribution in [0.15, 0.2) is 82.2 Å². The molecule has 0 aliphatic carbocycles. The van der Waals surface area contributed by atoms with Gasteiger partial charge in [0.2, 0.25) is 10.0 Å². The molecule has 6 nitrogen and oxygen atoms in total. The molecule has 8 heteroatoms. The van der Waals surface area contributed by atoms with Gasteiger partial charge in [-0.1, -0.05) is 46.3 Å². The van der Waals surface area contributed by atoms with Crippen LogP contribution in [0.2, 0.25) is 0 Å². The lowest BCUT2D eigenvalue weighted by molar-refractivity contribution is 0.102. The largest absolute Gasteiger partial charge is 0.493 e. The van der Waals surface area contributed by atoms with Crippen molar-refractivity contribution in [2.45, 2.75) is 18.4 Å². The fraction of sp³-hybridized carbons (Fsp3) is 0.174. The van der Waals surface area contributed by atoms with Crippen LogP contribution in [-0.2, 0) is 16.6 Å². The summed E-state index contributed by atoms with van der Waals surface area (Å²) in [4.78, 5) is 12.9. The van der Waals surface area contributed by atoms with E-state index in [9.17, 15) is 13.2 Å². The van der Waals surface area contributed by atoms with Gasteiger partial charge < -0.3 is 10.1 Å². The molecule has 1 N–H and O–H groups in total. The number of rotatable bonds is 8. The lowest BCUT2D eigenvalue weighted by atomic mass is 10.2. The van der Waals surface area contributed by atoms with E-state index in [0.29, 0.717) is 23.6 Å². The highest BCUT2D eigenvalue weighted by molar-refractivity contribution is 9.10. The zero-order valence-corrected chi connectivity index (χ0v) is 19.6. The van der Waals surface area contributed by atoms with Crippen molar-refractivity contribution in [2.75, 3.05) is 19.0 Å². The first-order chi connectivity index (χ1) is 14.8. The van der Waals surface area contributed by atoms with Crippen LogP contribution >= 0.6 is 15.9 Å². The number of anilines is 1. The third kappa shape index (κ3) is 5.72. The normalized spacial score (nSPS) is 11.4. The van der Waals surface area contributed by atoms with Crippen LogP contribution in [0.5, 0.6) is 5.75 Å². The molecule has 3 aromatic rings. The quantitative estimate of drug-likeness (QED) is 0.474. The van der Waals surface area contributed by atoms with E-state index in [4.69, 9.17) is 4.74 Å². The molecule has 0 saturated carbocycles. The zero-order chi connectivity index (χ0) is 22.4. The molecule has 3 aromatic carbocycles. The first-order valence-electron chi connectivity index (χ1n) is 9.65. The van der Waals surface area contributed by atoms with Gasteiger partial charge in [-0.2, -0.15) is 4.31 Å². The minimum Gasteiger partial charge on any atom is -0.493 e. The number of benzene rings is 3. The van der Waals surface area contributed by atoms with Gasteiger partial charge in [-0.25, -0.2) is 8.42 Å². The van der Waals surface area contributed by atoms with Crippen molar-refractivity contribution in [3.63, 3.8) is 0 Å². The number of carbonyl (C=O) groups excluding carboxylic acids is 1. The van der Waals surface area contributed by atoms with E-state index >= 15 is 0 Å². The monoisotopic (exact) mass is 502 g/mol. The van der Waals surface area contributed by atoms with Crippen LogP contribution < -0.4 is 10.1 Å². The van der Waals surface area contributed by atoms with Crippen molar-refractivity contribution in [1.82, 2.24) is 4.31 Å². The molecule has 0 saturated heterocycles. The highest BCUT2D eigenvalue weighted by Crippen LogP contribution is 2.25. The smallest absolute Gasteiger partial charge is 0.259 e. The van der Waals surface area contributed by atoms with Crippen LogP contribution in [0.1, 0.15) is 22.8 Å². The Bertz CT molecular complexity index is 1150. The summed E-state index contributed by atoms with van der Waals surface area (Å²) >= 11 is 3.36. The topological polar surface area (TPSA) is 75.7 Å². The summed E-state index contributed by atoms with van der Waals surface area (Å²) in [5.74, 6) is 0.131. The summed E-state index contributed by atoms with van der Waals surface area (Å²) in [6.07, 6.45) is 0. The van der Waals surface area contributed by atoms with Crippen LogP contribution in [0.3, 0.4) is 0 Å². The van der Waals surface area contributed by atoms with Gasteiger partial charge in [0.15, 0.2) is 0 Å². The SMILES string of the molecule is CCOc1ccc(Br)cc1C(=O)Nc1ccc(S(=O)(=O)N(C)Cc2ccccc2)cc1. The van der Waals surface area contributed by atoms with Crippen LogP contribution in [0.4, 0.5) is 5.69 Å². The average molecular weight is 503 g/mol. The molecule has 0 heterocycles. The Balaban J connectivity index is 1.74. The number of amides is 1. The molecule has 162 valence electrons. The first-order valence-corrected chi connectivity index (χ1v) is 11.9. The lowest BCUT2D eigenvalue weighted by Gasteiger charge is -2.17. The standard InChI is InChI=1S/C23H23BrN2O4S/c1-3-30-22-14-9-18(24)15-21(22)23(27)25-19-10-12-20(13-11-19)31(28,29)26(2)16-17-7-5-4-6-8-17/h4-15H,3,16H2,1-2H3,(H,25,27). The second-order valence-electron chi connectivity index (χ2n) is 6.80. The van der Waals surface area contributed by atoms with Crippen LogP contribution in [-0.4, -0.2) is 32.3 Å². The third-order valence-corrected chi connectivity index (χ3v) is 6.87. The molecular formula is C23H23BrN2O4S. The number of hydrogen-bond acceptors (Lipinski definition) is 4. The van der Waals surface area contributed by atoms with Gasteiger partial charge in [-0.15, -0.1) is 0 Å². The molecule has 0 aliphatic rings. The Morgan fingerprint density at radius 1 is 1.03 bits per heavy atom. The molecule has 1 amide bonds. The van der Waals surface area contributed by atoms with Crippen LogP contribution in [0.25, 0.3) is 0 Å². The average Bonchev–Trinajstić information content (AvgIpc) is 2.76. The highest BCUT2D eigenvalue weighted by atomic mass is 79.9. The van der Waals surface area contributed by atoms with Crippen molar-refractivity contribution in [3.8, 4) is 5.75 Å². The summed E-state index contributed by atoms with van der Waals surface area (Å²) in [7, 11) is -2.12. The van der Waals surface area contributed by atoms with Crippen molar-refractivity contribution >= 4 is 37.5 Å². The number of ether oxygens (including phenoxy) is 1. The van der Waals surface area contributed by atoms with Gasteiger partial charge in [-0.05, 0) is 55.0 Å². The molecule has 0 aromatic heterocycles. The third-order valence-electron chi connectivity index (χ3n) is 4.55. The summed E-state index contributed by atoms with van der Waals surface area (Å²) in [6, 6.07) is 20.7. The molecule has 0 bridgehead atoms. The van der Waals surface area contributed by atoms with E-state index < -0.39 is 10.0 Å². The molecular weight excluding hydrogens is 480 g/mol. The summed E-state index contributed by atoms with van der Waals surface area (Å²) in [6.45, 7) is 2.55. The number of sulfonamides is 1. The lowest BCUT2D eigenvalue weighted by Crippen LogP contribution is -2.26. The Hall–Kier alpha value is -2.68. The Kier molecular flexibility index (Phi) is 7.48. The summed E-state index contributed by atoms with van der Waals surface area (Å²) in [5.41, 5.74) is 1.77. The van der Waals surface area contributed by atoms with E-state index in [1.54, 1.807) is 37.4 Å². The Morgan fingerprint density at radius 2 is 1.71 bits per heavy atom. The van der Waals surface area contributed by atoms with Gasteiger partial charge in [0, 0.05) is 23.8 Å². The second-order valence-corrected chi connectivity index (χ2v) is 9.76. The maximum absolute atomic E-state index is 12.9. The van der Waals surface area contributed by atoms with Gasteiger partial charge >= 0.3 is 0 Å². The number of nitrogens with one attached hydrogen (secondary N) is 1. The minimum absolute atomic E-state index is 0.154. The molecule has 0 spiro atoms. The van der Waals surface area contributed by atoms with E-state index in [0.717, 1.165) is 10.0 Å². The van der Waals surface area contributed by atoms with Crippen molar-refractivity contribution in [3.05, 3.63) is 88.4 Å². The van der Waals surface area contributed by atoms with Crippen molar-refractivity contribution < 1.29 is 17.9 Å². The Labute approximate surface area is 191 Å². The van der Waals surface area contributed by atoms with Crippen molar-refractivity contribution in [2.24, 2.45) is 0 Å².